The Balaban J connectivity index is 2.01. The van der Waals surface area contributed by atoms with Gasteiger partial charge in [-0.15, -0.1) is 0 Å². The highest BCUT2D eigenvalue weighted by molar-refractivity contribution is 9.10. The fraction of sp³-hybridized carbons (Fsp3) is 0.235. The van der Waals surface area contributed by atoms with E-state index in [1.54, 1.807) is 10.8 Å². The molecule has 0 aliphatic carbocycles. The number of aliphatic imine (C=N–C) groups is 1. The van der Waals surface area contributed by atoms with Crippen molar-refractivity contribution in [3.8, 4) is 0 Å². The van der Waals surface area contributed by atoms with Gasteiger partial charge in [0, 0.05) is 23.3 Å². The van der Waals surface area contributed by atoms with Crippen molar-refractivity contribution >= 4 is 33.9 Å². The maximum absolute atomic E-state index is 12.1. The van der Waals surface area contributed by atoms with Crippen LogP contribution in [0.1, 0.15) is 36.6 Å². The van der Waals surface area contributed by atoms with Crippen LogP contribution in [-0.2, 0) is 16.6 Å². The van der Waals surface area contributed by atoms with Crippen LogP contribution in [0, 0.1) is 0 Å². The van der Waals surface area contributed by atoms with Gasteiger partial charge in [0.1, 0.15) is 0 Å². The number of benzene rings is 1. The highest BCUT2D eigenvalue weighted by Gasteiger charge is 2.26. The van der Waals surface area contributed by atoms with Crippen molar-refractivity contribution in [1.29, 1.82) is 0 Å². The van der Waals surface area contributed by atoms with E-state index in [1.165, 1.54) is 0 Å². The Morgan fingerprint density at radius 2 is 2.04 bits per heavy atom. The van der Waals surface area contributed by atoms with Crippen LogP contribution in [0.15, 0.2) is 45.6 Å². The van der Waals surface area contributed by atoms with Crippen LogP contribution in [0.5, 0.6) is 0 Å². The zero-order chi connectivity index (χ0) is 16.6. The summed E-state index contributed by atoms with van der Waals surface area (Å²) in [5, 5.41) is 4.43. The Labute approximate surface area is 142 Å². The minimum absolute atomic E-state index is 0.257. The van der Waals surface area contributed by atoms with Gasteiger partial charge in [0.25, 0.3) is 0 Å². The van der Waals surface area contributed by atoms with E-state index in [2.05, 4.69) is 39.9 Å². The summed E-state index contributed by atoms with van der Waals surface area (Å²) in [5.41, 5.74) is 2.84. The third-order valence-electron chi connectivity index (χ3n) is 3.45. The molecule has 0 spiro atoms. The van der Waals surface area contributed by atoms with E-state index < -0.39 is 5.97 Å². The van der Waals surface area contributed by atoms with Gasteiger partial charge >= 0.3 is 5.97 Å². The van der Waals surface area contributed by atoms with Crippen LogP contribution in [0.2, 0.25) is 0 Å². The third-order valence-corrected chi connectivity index (χ3v) is 4.14. The number of esters is 1. The van der Waals surface area contributed by atoms with Gasteiger partial charge in [-0.2, -0.15) is 5.10 Å². The quantitative estimate of drug-likeness (QED) is 0.609. The van der Waals surface area contributed by atoms with Gasteiger partial charge in [0.05, 0.1) is 11.3 Å². The van der Waals surface area contributed by atoms with Gasteiger partial charge in [-0.05, 0) is 40.1 Å². The highest BCUT2D eigenvalue weighted by Crippen LogP contribution is 2.26. The molecular formula is C17H16BrN3O2. The molecule has 2 aromatic rings. The summed E-state index contributed by atoms with van der Waals surface area (Å²) in [7, 11) is 1.86. The molecule has 1 aromatic carbocycles. The Hall–Kier alpha value is -2.21. The Kier molecular flexibility index (Phi) is 4.17. The Morgan fingerprint density at radius 1 is 1.30 bits per heavy atom. The van der Waals surface area contributed by atoms with Gasteiger partial charge in [-0.3, -0.25) is 4.68 Å². The fourth-order valence-corrected chi connectivity index (χ4v) is 2.84. The monoisotopic (exact) mass is 373 g/mol. The summed E-state index contributed by atoms with van der Waals surface area (Å²) in [6, 6.07) is 7.50. The van der Waals surface area contributed by atoms with E-state index in [0.717, 1.165) is 21.3 Å². The SMILES string of the molecule is CC(C)c1nn(C)cc1C=C1N=C(c2ccccc2Br)OC1=O. The molecule has 0 amide bonds. The van der Waals surface area contributed by atoms with E-state index in [4.69, 9.17) is 4.74 Å². The molecule has 1 aromatic heterocycles. The Bertz CT molecular complexity index is 834. The zero-order valence-electron chi connectivity index (χ0n) is 13.1. The molecule has 0 radical (unpaired) electrons. The number of ether oxygens (including phenoxy) is 1. The first-order valence-electron chi connectivity index (χ1n) is 7.26. The molecule has 23 heavy (non-hydrogen) atoms. The molecule has 0 saturated heterocycles. The van der Waals surface area contributed by atoms with E-state index in [9.17, 15) is 4.79 Å². The first-order valence-corrected chi connectivity index (χ1v) is 8.06. The van der Waals surface area contributed by atoms with Crippen LogP contribution >= 0.6 is 15.9 Å². The summed E-state index contributed by atoms with van der Waals surface area (Å²) < 4.78 is 7.87. The predicted octanol–water partition coefficient (Wildman–Crippen LogP) is 3.65. The lowest BCUT2D eigenvalue weighted by Crippen LogP contribution is -2.05. The maximum Gasteiger partial charge on any atom is 0.363 e. The minimum Gasteiger partial charge on any atom is -0.402 e. The number of carbonyl (C=O) groups excluding carboxylic acids is 1. The fourth-order valence-electron chi connectivity index (χ4n) is 2.39. The largest absolute Gasteiger partial charge is 0.402 e. The minimum atomic E-state index is -0.450. The topological polar surface area (TPSA) is 56.5 Å². The molecule has 0 bridgehead atoms. The number of hydrogen-bond donors (Lipinski definition) is 0. The smallest absolute Gasteiger partial charge is 0.363 e. The second-order valence-corrected chi connectivity index (χ2v) is 6.47. The normalized spacial score (nSPS) is 16.1. The summed E-state index contributed by atoms with van der Waals surface area (Å²) in [4.78, 5) is 16.5. The molecule has 0 saturated carbocycles. The van der Waals surface area contributed by atoms with E-state index in [0.29, 0.717) is 5.90 Å². The van der Waals surface area contributed by atoms with Crippen LogP contribution in [0.3, 0.4) is 0 Å². The van der Waals surface area contributed by atoms with Crippen molar-refractivity contribution in [2.24, 2.45) is 12.0 Å². The second kappa shape index (κ2) is 6.12. The van der Waals surface area contributed by atoms with E-state index in [1.807, 2.05) is 37.5 Å². The predicted molar refractivity (Wildman–Crippen MR) is 92.0 cm³/mol. The molecule has 0 fully saturated rings. The van der Waals surface area contributed by atoms with Crippen molar-refractivity contribution in [2.75, 3.05) is 0 Å². The third kappa shape index (κ3) is 3.12. The van der Waals surface area contributed by atoms with Crippen molar-refractivity contribution in [1.82, 2.24) is 9.78 Å². The molecule has 1 aliphatic rings. The van der Waals surface area contributed by atoms with Crippen LogP contribution in [-0.4, -0.2) is 21.6 Å². The van der Waals surface area contributed by atoms with Crippen molar-refractivity contribution < 1.29 is 9.53 Å². The second-order valence-electron chi connectivity index (χ2n) is 5.61. The molecule has 5 nitrogen and oxygen atoms in total. The molecule has 3 rings (SSSR count). The molecule has 0 N–H and O–H groups in total. The standard InChI is InChI=1S/C17H16BrN3O2/c1-10(2)15-11(9-21(3)20-15)8-14-17(22)23-16(19-14)12-6-4-5-7-13(12)18/h4-10H,1-3H3. The van der Waals surface area contributed by atoms with E-state index in [-0.39, 0.29) is 11.6 Å². The van der Waals surface area contributed by atoms with Gasteiger partial charge in [0.15, 0.2) is 5.70 Å². The summed E-state index contributed by atoms with van der Waals surface area (Å²) >= 11 is 3.44. The number of rotatable bonds is 3. The molecule has 2 heterocycles. The first-order chi connectivity index (χ1) is 11.0. The lowest BCUT2D eigenvalue weighted by atomic mass is 10.1. The number of halogens is 1. The zero-order valence-corrected chi connectivity index (χ0v) is 14.7. The molecule has 1 aliphatic heterocycles. The molecule has 118 valence electrons. The molecule has 0 unspecified atom stereocenters. The lowest BCUT2D eigenvalue weighted by Gasteiger charge is -2.01. The summed E-state index contributed by atoms with van der Waals surface area (Å²) in [5.74, 6) is 0.116. The Morgan fingerprint density at radius 3 is 2.74 bits per heavy atom. The van der Waals surface area contributed by atoms with Gasteiger partial charge in [-0.1, -0.05) is 26.0 Å². The first kappa shape index (κ1) is 15.7. The number of cyclic esters (lactones) is 1. The van der Waals surface area contributed by atoms with Crippen molar-refractivity contribution in [2.45, 2.75) is 19.8 Å². The number of aromatic nitrogens is 2. The highest BCUT2D eigenvalue weighted by atomic mass is 79.9. The molecule has 0 atom stereocenters. The average Bonchev–Trinajstić information content (AvgIpc) is 3.03. The number of hydrogen-bond acceptors (Lipinski definition) is 4. The average molecular weight is 374 g/mol. The summed E-state index contributed by atoms with van der Waals surface area (Å²) in [6.07, 6.45) is 3.61. The van der Waals surface area contributed by atoms with Crippen LogP contribution < -0.4 is 0 Å². The lowest BCUT2D eigenvalue weighted by molar-refractivity contribution is -0.129. The molecular weight excluding hydrogens is 358 g/mol. The number of aryl methyl sites for hydroxylation is 1. The van der Waals surface area contributed by atoms with Gasteiger partial charge < -0.3 is 4.74 Å². The summed E-state index contributed by atoms with van der Waals surface area (Å²) in [6.45, 7) is 4.13. The van der Waals surface area contributed by atoms with Crippen LogP contribution in [0.4, 0.5) is 0 Å². The van der Waals surface area contributed by atoms with Gasteiger partial charge in [-0.25, -0.2) is 9.79 Å². The number of carbonyl (C=O) groups is 1. The molecule has 6 heteroatoms. The van der Waals surface area contributed by atoms with E-state index >= 15 is 0 Å². The van der Waals surface area contributed by atoms with Gasteiger partial charge in [0.2, 0.25) is 5.90 Å². The maximum atomic E-state index is 12.1. The van der Waals surface area contributed by atoms with Crippen LogP contribution in [0.25, 0.3) is 6.08 Å². The van der Waals surface area contributed by atoms with Crippen molar-refractivity contribution in [3.05, 3.63) is 57.5 Å². The number of nitrogens with zero attached hydrogens (tertiary/aromatic N) is 3. The van der Waals surface area contributed by atoms with Crippen molar-refractivity contribution in [3.63, 3.8) is 0 Å².